The number of aromatic nitrogens is 2. The van der Waals surface area contributed by atoms with E-state index in [4.69, 9.17) is 4.74 Å². The molecule has 1 aromatic heterocycles. The lowest BCUT2D eigenvalue weighted by molar-refractivity contribution is 0.209. The Morgan fingerprint density at radius 1 is 1.37 bits per heavy atom. The highest BCUT2D eigenvalue weighted by molar-refractivity contribution is 7.99. The number of hydrogen-bond acceptors (Lipinski definition) is 4. The predicted octanol–water partition coefficient (Wildman–Crippen LogP) is 2.61. The molecule has 2 heterocycles. The molecule has 0 radical (unpaired) electrons. The lowest BCUT2D eigenvalue weighted by atomic mass is 10.2. The summed E-state index contributed by atoms with van der Waals surface area (Å²) in [6.45, 7) is 3.62. The molecule has 5 heteroatoms. The summed E-state index contributed by atoms with van der Waals surface area (Å²) in [7, 11) is 0. The van der Waals surface area contributed by atoms with Gasteiger partial charge in [-0.15, -0.1) is 11.8 Å². The van der Waals surface area contributed by atoms with E-state index in [9.17, 15) is 4.79 Å². The second-order valence-electron chi connectivity index (χ2n) is 4.53. The average Bonchev–Trinajstić information content (AvgIpc) is 2.43. The van der Waals surface area contributed by atoms with E-state index in [1.807, 2.05) is 31.2 Å². The topological polar surface area (TPSA) is 55.0 Å². The highest BCUT2D eigenvalue weighted by Crippen LogP contribution is 2.39. The van der Waals surface area contributed by atoms with Crippen molar-refractivity contribution in [2.24, 2.45) is 0 Å². The molecule has 4 nitrogen and oxygen atoms in total. The largest absolute Gasteiger partial charge is 0.480 e. The zero-order chi connectivity index (χ0) is 13.4. The second-order valence-corrected chi connectivity index (χ2v) is 5.59. The van der Waals surface area contributed by atoms with Crippen LogP contribution in [0.4, 0.5) is 0 Å². The van der Waals surface area contributed by atoms with Crippen LogP contribution < -0.4 is 10.3 Å². The van der Waals surface area contributed by atoms with Gasteiger partial charge in [-0.25, -0.2) is 4.98 Å². The Balaban J connectivity index is 1.95. The Labute approximate surface area is 115 Å². The number of para-hydroxylation sites is 1. The van der Waals surface area contributed by atoms with Crippen LogP contribution in [0.25, 0.3) is 0 Å². The van der Waals surface area contributed by atoms with Crippen LogP contribution in [0.3, 0.4) is 0 Å². The fraction of sp³-hybridized carbons (Fsp3) is 0.286. The van der Waals surface area contributed by atoms with Gasteiger partial charge in [-0.3, -0.25) is 4.79 Å². The van der Waals surface area contributed by atoms with Crippen LogP contribution in [0.1, 0.15) is 23.2 Å². The molecule has 2 aromatic rings. The molecule has 1 N–H and O–H groups in total. The third kappa shape index (κ3) is 2.26. The molecular formula is C14H14N2O2S. The molecular weight excluding hydrogens is 260 g/mol. The summed E-state index contributed by atoms with van der Waals surface area (Å²) in [5, 5.41) is 0. The van der Waals surface area contributed by atoms with Crippen molar-refractivity contribution >= 4 is 11.8 Å². The summed E-state index contributed by atoms with van der Waals surface area (Å²) in [6, 6.07) is 7.91. The minimum Gasteiger partial charge on any atom is -0.480 e. The quantitative estimate of drug-likeness (QED) is 0.868. The number of benzene rings is 1. The van der Waals surface area contributed by atoms with Crippen molar-refractivity contribution < 1.29 is 4.74 Å². The van der Waals surface area contributed by atoms with Crippen LogP contribution in [-0.2, 0) is 0 Å². The van der Waals surface area contributed by atoms with E-state index >= 15 is 0 Å². The van der Waals surface area contributed by atoms with Crippen molar-refractivity contribution in [3.8, 4) is 5.75 Å². The van der Waals surface area contributed by atoms with E-state index < -0.39 is 0 Å². The molecule has 1 aliphatic heterocycles. The Morgan fingerprint density at radius 2 is 2.16 bits per heavy atom. The Bertz CT molecular complexity index is 681. The maximum atomic E-state index is 11.8. The van der Waals surface area contributed by atoms with E-state index in [0.29, 0.717) is 11.4 Å². The van der Waals surface area contributed by atoms with E-state index in [1.54, 1.807) is 18.7 Å². The highest BCUT2D eigenvalue weighted by Gasteiger charge is 2.24. The van der Waals surface area contributed by atoms with Crippen molar-refractivity contribution in [2.45, 2.75) is 24.8 Å². The normalized spacial score (nSPS) is 17.7. The molecule has 98 valence electrons. The lowest BCUT2D eigenvalue weighted by Crippen LogP contribution is -2.23. The van der Waals surface area contributed by atoms with Gasteiger partial charge >= 0.3 is 0 Å². The summed E-state index contributed by atoms with van der Waals surface area (Å²) in [4.78, 5) is 20.2. The SMILES string of the molecule is Cc1nc(C2CSc3ccccc3O2)[nH]c(=O)c1C. The van der Waals surface area contributed by atoms with Gasteiger partial charge in [0.1, 0.15) is 5.75 Å². The molecule has 0 amide bonds. The second kappa shape index (κ2) is 4.74. The predicted molar refractivity (Wildman–Crippen MR) is 74.9 cm³/mol. The fourth-order valence-electron chi connectivity index (χ4n) is 1.97. The molecule has 19 heavy (non-hydrogen) atoms. The number of fused-ring (bicyclic) bond motifs is 1. The van der Waals surface area contributed by atoms with E-state index in [-0.39, 0.29) is 11.7 Å². The van der Waals surface area contributed by atoms with Crippen LogP contribution in [0.5, 0.6) is 5.75 Å². The monoisotopic (exact) mass is 274 g/mol. The number of ether oxygens (including phenoxy) is 1. The van der Waals surface area contributed by atoms with Crippen LogP contribution in [0.2, 0.25) is 0 Å². The number of rotatable bonds is 1. The number of hydrogen-bond donors (Lipinski definition) is 1. The smallest absolute Gasteiger partial charge is 0.254 e. The van der Waals surface area contributed by atoms with Gasteiger partial charge in [0.25, 0.3) is 5.56 Å². The lowest BCUT2D eigenvalue weighted by Gasteiger charge is -2.24. The molecule has 0 spiro atoms. The van der Waals surface area contributed by atoms with Gasteiger partial charge in [-0.2, -0.15) is 0 Å². The summed E-state index contributed by atoms with van der Waals surface area (Å²) in [5.41, 5.74) is 1.33. The van der Waals surface area contributed by atoms with Gasteiger partial charge in [-0.05, 0) is 26.0 Å². The van der Waals surface area contributed by atoms with Crippen molar-refractivity contribution in [3.63, 3.8) is 0 Å². The minimum absolute atomic E-state index is 0.0880. The van der Waals surface area contributed by atoms with Gasteiger partial charge in [0, 0.05) is 21.9 Å². The number of aromatic amines is 1. The van der Waals surface area contributed by atoms with Crippen LogP contribution in [-0.4, -0.2) is 15.7 Å². The Kier molecular flexibility index (Phi) is 3.06. The third-order valence-electron chi connectivity index (χ3n) is 3.23. The fourth-order valence-corrected chi connectivity index (χ4v) is 2.96. The zero-order valence-electron chi connectivity index (χ0n) is 10.8. The molecule has 1 aliphatic rings. The number of thioether (sulfide) groups is 1. The van der Waals surface area contributed by atoms with Crippen molar-refractivity contribution in [1.29, 1.82) is 0 Å². The van der Waals surface area contributed by atoms with Crippen LogP contribution >= 0.6 is 11.8 Å². The zero-order valence-corrected chi connectivity index (χ0v) is 11.6. The maximum Gasteiger partial charge on any atom is 0.254 e. The third-order valence-corrected chi connectivity index (χ3v) is 4.34. The maximum absolute atomic E-state index is 11.8. The van der Waals surface area contributed by atoms with E-state index in [0.717, 1.165) is 22.1 Å². The van der Waals surface area contributed by atoms with Crippen molar-refractivity contribution in [1.82, 2.24) is 9.97 Å². The van der Waals surface area contributed by atoms with Crippen molar-refractivity contribution in [2.75, 3.05) is 5.75 Å². The summed E-state index contributed by atoms with van der Waals surface area (Å²) < 4.78 is 5.91. The molecule has 0 aliphatic carbocycles. The Hall–Kier alpha value is -1.75. The highest BCUT2D eigenvalue weighted by atomic mass is 32.2. The van der Waals surface area contributed by atoms with Gasteiger partial charge in [0.2, 0.25) is 0 Å². The molecule has 1 aromatic carbocycles. The van der Waals surface area contributed by atoms with E-state index in [1.165, 1.54) is 0 Å². The first-order chi connectivity index (χ1) is 9.15. The molecule has 1 unspecified atom stereocenters. The molecule has 3 rings (SSSR count). The van der Waals surface area contributed by atoms with Crippen molar-refractivity contribution in [3.05, 3.63) is 51.7 Å². The van der Waals surface area contributed by atoms with Gasteiger partial charge in [0.05, 0.1) is 0 Å². The molecule has 1 atom stereocenters. The summed E-state index contributed by atoms with van der Waals surface area (Å²) in [5.74, 6) is 2.21. The van der Waals surface area contributed by atoms with Gasteiger partial charge < -0.3 is 9.72 Å². The minimum atomic E-state index is -0.202. The molecule has 0 saturated heterocycles. The number of nitrogens with zero attached hydrogens (tertiary/aromatic N) is 1. The van der Waals surface area contributed by atoms with Gasteiger partial charge in [-0.1, -0.05) is 12.1 Å². The first kappa shape index (κ1) is 12.3. The van der Waals surface area contributed by atoms with E-state index in [2.05, 4.69) is 9.97 Å². The van der Waals surface area contributed by atoms with Crippen LogP contribution in [0, 0.1) is 13.8 Å². The summed E-state index contributed by atoms with van der Waals surface area (Å²) in [6.07, 6.45) is -0.202. The number of aryl methyl sites for hydroxylation is 1. The van der Waals surface area contributed by atoms with Crippen LogP contribution in [0.15, 0.2) is 34.0 Å². The molecule has 0 bridgehead atoms. The summed E-state index contributed by atoms with van der Waals surface area (Å²) >= 11 is 1.72. The first-order valence-corrected chi connectivity index (χ1v) is 7.09. The van der Waals surface area contributed by atoms with Gasteiger partial charge in [0.15, 0.2) is 11.9 Å². The molecule has 0 fully saturated rings. The Morgan fingerprint density at radius 3 is 2.95 bits per heavy atom. The molecule has 0 saturated carbocycles. The standard InChI is InChI=1S/C14H14N2O2S/c1-8-9(2)15-13(16-14(8)17)11-7-19-12-6-4-3-5-10(12)18-11/h3-6,11H,7H2,1-2H3,(H,15,16,17). The average molecular weight is 274 g/mol. The number of nitrogens with one attached hydrogen (secondary N) is 1. The first-order valence-electron chi connectivity index (χ1n) is 6.11. The number of H-pyrrole nitrogens is 1.